The molecule has 1 N–H and O–H groups in total. The van der Waals surface area contributed by atoms with Gasteiger partial charge in [0.15, 0.2) is 5.82 Å². The van der Waals surface area contributed by atoms with E-state index in [0.29, 0.717) is 0 Å². The van der Waals surface area contributed by atoms with Crippen molar-refractivity contribution in [1.29, 1.82) is 0 Å². The van der Waals surface area contributed by atoms with Gasteiger partial charge in [-0.25, -0.2) is 9.97 Å². The van der Waals surface area contributed by atoms with Gasteiger partial charge in [-0.3, -0.25) is 0 Å². The van der Waals surface area contributed by atoms with Crippen LogP contribution in [-0.2, 0) is 6.42 Å². The second-order valence-electron chi connectivity index (χ2n) is 4.34. The number of aryl methyl sites for hydroxylation is 1. The fraction of sp³-hybridized carbons (Fsp3) is 0.200. The Balaban J connectivity index is 2.12. The second-order valence-corrected chi connectivity index (χ2v) is 5.23. The normalized spacial score (nSPS) is 10.8. The molecule has 4 heteroatoms. The largest absolute Gasteiger partial charge is 0.372 e. The van der Waals surface area contributed by atoms with Crippen molar-refractivity contribution < 1.29 is 0 Å². The van der Waals surface area contributed by atoms with Crippen molar-refractivity contribution in [3.63, 3.8) is 0 Å². The number of hydrogen-bond donors (Lipinski definition) is 1. The summed E-state index contributed by atoms with van der Waals surface area (Å²) in [5.74, 6) is 1.67. The van der Waals surface area contributed by atoms with Gasteiger partial charge in [-0.05, 0) is 23.4 Å². The summed E-state index contributed by atoms with van der Waals surface area (Å²) in [6.45, 7) is 2.16. The Morgan fingerprint density at radius 2 is 1.89 bits per heavy atom. The maximum atomic E-state index is 4.64. The first-order chi connectivity index (χ1) is 9.31. The maximum absolute atomic E-state index is 4.64. The number of nitrogens with zero attached hydrogens (tertiary/aromatic N) is 2. The summed E-state index contributed by atoms with van der Waals surface area (Å²) < 4.78 is 0. The quantitative estimate of drug-likeness (QED) is 0.782. The summed E-state index contributed by atoms with van der Waals surface area (Å²) in [5, 5.41) is 6.27. The Hall–Kier alpha value is -1.94. The summed E-state index contributed by atoms with van der Waals surface area (Å²) in [6.07, 6.45) is 1.05. The lowest BCUT2D eigenvalue weighted by Crippen LogP contribution is -1.97. The highest BCUT2D eigenvalue weighted by Gasteiger charge is 2.09. The predicted octanol–water partition coefficient (Wildman–Crippen LogP) is 3.96. The fourth-order valence-corrected chi connectivity index (χ4v) is 2.83. The number of benzene rings is 1. The van der Waals surface area contributed by atoms with Crippen LogP contribution in [0.25, 0.3) is 21.6 Å². The van der Waals surface area contributed by atoms with Gasteiger partial charge in [-0.1, -0.05) is 31.2 Å². The van der Waals surface area contributed by atoms with Crippen LogP contribution >= 0.6 is 11.3 Å². The molecule has 3 nitrogen and oxygen atoms in total. The third-order valence-corrected chi connectivity index (χ3v) is 3.99. The molecule has 0 bridgehead atoms. The van der Waals surface area contributed by atoms with Crippen LogP contribution in [0.4, 0.5) is 5.82 Å². The van der Waals surface area contributed by atoms with Gasteiger partial charge in [-0.15, -0.1) is 11.3 Å². The minimum absolute atomic E-state index is 0.780. The zero-order chi connectivity index (χ0) is 13.2. The predicted molar refractivity (Wildman–Crippen MR) is 81.8 cm³/mol. The number of anilines is 1. The van der Waals surface area contributed by atoms with Gasteiger partial charge in [0.05, 0.1) is 5.39 Å². The van der Waals surface area contributed by atoms with Crippen LogP contribution in [0.1, 0.15) is 12.5 Å². The molecule has 0 saturated heterocycles. The zero-order valence-electron chi connectivity index (χ0n) is 11.0. The Morgan fingerprint density at radius 3 is 2.58 bits per heavy atom. The molecule has 0 atom stereocenters. The van der Waals surface area contributed by atoms with Crippen LogP contribution in [0.15, 0.2) is 35.7 Å². The van der Waals surface area contributed by atoms with E-state index in [1.165, 1.54) is 5.56 Å². The maximum Gasteiger partial charge on any atom is 0.163 e. The van der Waals surface area contributed by atoms with Crippen LogP contribution < -0.4 is 5.32 Å². The van der Waals surface area contributed by atoms with Gasteiger partial charge in [0.1, 0.15) is 10.6 Å². The monoisotopic (exact) mass is 269 g/mol. The number of rotatable bonds is 3. The summed E-state index contributed by atoms with van der Waals surface area (Å²) in [6, 6.07) is 10.5. The molecule has 0 aliphatic carbocycles. The molecule has 0 radical (unpaired) electrons. The average molecular weight is 269 g/mol. The van der Waals surface area contributed by atoms with Crippen molar-refractivity contribution in [2.45, 2.75) is 13.3 Å². The van der Waals surface area contributed by atoms with E-state index in [-0.39, 0.29) is 0 Å². The van der Waals surface area contributed by atoms with Crippen LogP contribution in [0.3, 0.4) is 0 Å². The third-order valence-electron chi connectivity index (χ3n) is 3.18. The Morgan fingerprint density at radius 1 is 1.11 bits per heavy atom. The molecule has 19 heavy (non-hydrogen) atoms. The Kier molecular flexibility index (Phi) is 3.17. The molecule has 96 valence electrons. The van der Waals surface area contributed by atoms with E-state index < -0.39 is 0 Å². The molecule has 0 amide bonds. The van der Waals surface area contributed by atoms with Crippen molar-refractivity contribution in [3.05, 3.63) is 41.3 Å². The number of nitrogens with one attached hydrogen (secondary N) is 1. The zero-order valence-corrected chi connectivity index (χ0v) is 11.8. The standard InChI is InChI=1S/C15H15N3S/c1-3-10-4-6-11(7-5-10)13-17-14(16-2)12-8-9-19-15(12)18-13/h4-9H,3H2,1-2H3,(H,16,17,18). The van der Waals surface area contributed by atoms with Crippen molar-refractivity contribution in [2.24, 2.45) is 0 Å². The van der Waals surface area contributed by atoms with E-state index in [1.54, 1.807) is 11.3 Å². The number of aromatic nitrogens is 2. The van der Waals surface area contributed by atoms with Crippen LogP contribution in [0.2, 0.25) is 0 Å². The summed E-state index contributed by atoms with van der Waals surface area (Å²) >= 11 is 1.64. The van der Waals surface area contributed by atoms with Crippen LogP contribution in [0.5, 0.6) is 0 Å². The first kappa shape index (κ1) is 12.1. The van der Waals surface area contributed by atoms with Gasteiger partial charge in [0.2, 0.25) is 0 Å². The number of fused-ring (bicyclic) bond motifs is 1. The second kappa shape index (κ2) is 4.97. The summed E-state index contributed by atoms with van der Waals surface area (Å²) in [4.78, 5) is 10.3. The fourth-order valence-electron chi connectivity index (χ4n) is 2.06. The minimum Gasteiger partial charge on any atom is -0.372 e. The lowest BCUT2D eigenvalue weighted by Gasteiger charge is -2.06. The van der Waals surface area contributed by atoms with Crippen molar-refractivity contribution in [1.82, 2.24) is 9.97 Å². The summed E-state index contributed by atoms with van der Waals surface area (Å²) in [7, 11) is 1.89. The van der Waals surface area contributed by atoms with Gasteiger partial charge >= 0.3 is 0 Å². The van der Waals surface area contributed by atoms with E-state index in [4.69, 9.17) is 0 Å². The molecule has 0 aliphatic heterocycles. The molecule has 2 aromatic heterocycles. The topological polar surface area (TPSA) is 37.8 Å². The van der Waals surface area contributed by atoms with E-state index in [2.05, 4.69) is 52.5 Å². The molecular formula is C15H15N3S. The Labute approximate surface area is 116 Å². The Bertz CT molecular complexity index is 701. The molecular weight excluding hydrogens is 254 g/mol. The molecule has 3 aromatic rings. The first-order valence-corrected chi connectivity index (χ1v) is 7.22. The molecule has 0 unspecified atom stereocenters. The van der Waals surface area contributed by atoms with Crippen LogP contribution in [0, 0.1) is 0 Å². The van der Waals surface area contributed by atoms with Gasteiger partial charge in [-0.2, -0.15) is 0 Å². The van der Waals surface area contributed by atoms with Gasteiger partial charge in [0.25, 0.3) is 0 Å². The average Bonchev–Trinajstić information content (AvgIpc) is 2.94. The number of thiophene rings is 1. The van der Waals surface area contributed by atoms with Gasteiger partial charge < -0.3 is 5.32 Å². The lowest BCUT2D eigenvalue weighted by molar-refractivity contribution is 1.14. The SMILES string of the molecule is CCc1ccc(-c2nc(NC)c3ccsc3n2)cc1. The van der Waals surface area contributed by atoms with E-state index >= 15 is 0 Å². The van der Waals surface area contributed by atoms with Crippen molar-refractivity contribution >= 4 is 27.4 Å². The van der Waals surface area contributed by atoms with E-state index in [1.807, 2.05) is 12.4 Å². The first-order valence-electron chi connectivity index (χ1n) is 6.34. The highest BCUT2D eigenvalue weighted by atomic mass is 32.1. The van der Waals surface area contributed by atoms with E-state index in [9.17, 15) is 0 Å². The highest BCUT2D eigenvalue weighted by Crippen LogP contribution is 2.28. The molecule has 3 rings (SSSR count). The van der Waals surface area contributed by atoms with Crippen LogP contribution in [-0.4, -0.2) is 17.0 Å². The smallest absolute Gasteiger partial charge is 0.163 e. The highest BCUT2D eigenvalue weighted by molar-refractivity contribution is 7.16. The number of hydrogen-bond acceptors (Lipinski definition) is 4. The molecule has 0 saturated carbocycles. The third kappa shape index (κ3) is 2.19. The summed E-state index contributed by atoms with van der Waals surface area (Å²) in [5.41, 5.74) is 2.39. The lowest BCUT2D eigenvalue weighted by atomic mass is 10.1. The van der Waals surface area contributed by atoms with Crippen molar-refractivity contribution in [3.8, 4) is 11.4 Å². The molecule has 0 spiro atoms. The minimum atomic E-state index is 0.780. The molecule has 0 fully saturated rings. The van der Waals surface area contributed by atoms with Crippen molar-refractivity contribution in [2.75, 3.05) is 12.4 Å². The molecule has 1 aromatic carbocycles. The van der Waals surface area contributed by atoms with E-state index in [0.717, 1.165) is 33.8 Å². The van der Waals surface area contributed by atoms with Gasteiger partial charge in [0, 0.05) is 12.6 Å². The molecule has 2 heterocycles. The molecule has 0 aliphatic rings.